The van der Waals surface area contributed by atoms with Gasteiger partial charge in [0.25, 0.3) is 5.56 Å². The van der Waals surface area contributed by atoms with E-state index in [4.69, 9.17) is 0 Å². The molecule has 1 aliphatic rings. The van der Waals surface area contributed by atoms with E-state index >= 15 is 0 Å². The van der Waals surface area contributed by atoms with Crippen molar-refractivity contribution in [1.29, 1.82) is 0 Å². The average molecular weight is 417 g/mol. The van der Waals surface area contributed by atoms with Gasteiger partial charge in [0.2, 0.25) is 0 Å². The van der Waals surface area contributed by atoms with Crippen molar-refractivity contribution in [1.82, 2.24) is 14.3 Å². The van der Waals surface area contributed by atoms with Crippen molar-refractivity contribution in [3.8, 4) is 0 Å². The van der Waals surface area contributed by atoms with Gasteiger partial charge in [-0.3, -0.25) is 14.4 Å². The molecule has 0 saturated heterocycles. The van der Waals surface area contributed by atoms with Gasteiger partial charge in [-0.15, -0.1) is 0 Å². The normalized spacial score (nSPS) is 14.1. The van der Waals surface area contributed by atoms with E-state index in [0.717, 1.165) is 17.3 Å². The van der Waals surface area contributed by atoms with Crippen LogP contribution in [0.15, 0.2) is 47.3 Å². The monoisotopic (exact) mass is 417 g/mol. The Morgan fingerprint density at radius 2 is 1.57 bits per heavy atom. The van der Waals surface area contributed by atoms with Crippen LogP contribution in [-0.2, 0) is 32.6 Å². The predicted octanol–water partition coefficient (Wildman–Crippen LogP) is 2.67. The standard InChI is InChI=1S/C22H22F3N3O2/c23-17-3-1-15(2-4-17)13-28-22(30)20-14-26(6-5-21(20)27(28)7-8-29)12-16-9-18(24)11-19(25)10-16/h1-4,9-11,29H,5-8,12-14H2. The van der Waals surface area contributed by atoms with Crippen LogP contribution >= 0.6 is 0 Å². The number of rotatable bonds is 6. The van der Waals surface area contributed by atoms with Gasteiger partial charge in [-0.1, -0.05) is 12.1 Å². The van der Waals surface area contributed by atoms with Gasteiger partial charge in [-0.25, -0.2) is 17.9 Å². The fourth-order valence-corrected chi connectivity index (χ4v) is 4.06. The zero-order valence-corrected chi connectivity index (χ0v) is 16.3. The molecular formula is C22H22F3N3O2. The summed E-state index contributed by atoms with van der Waals surface area (Å²) in [5.41, 5.74) is 2.60. The van der Waals surface area contributed by atoms with Crippen LogP contribution in [-0.4, -0.2) is 32.5 Å². The van der Waals surface area contributed by atoms with E-state index in [0.29, 0.717) is 37.2 Å². The molecule has 0 bridgehead atoms. The fraction of sp³-hybridized carbons (Fsp3) is 0.318. The number of hydrogen-bond donors (Lipinski definition) is 1. The minimum atomic E-state index is -0.626. The molecular weight excluding hydrogens is 395 g/mol. The van der Waals surface area contributed by atoms with Crippen LogP contribution in [0.1, 0.15) is 22.4 Å². The summed E-state index contributed by atoms with van der Waals surface area (Å²) in [7, 11) is 0. The molecule has 0 saturated carbocycles. The molecule has 8 heteroatoms. The van der Waals surface area contributed by atoms with Crippen molar-refractivity contribution in [3.63, 3.8) is 0 Å². The smallest absolute Gasteiger partial charge is 0.271 e. The molecule has 1 aliphatic heterocycles. The largest absolute Gasteiger partial charge is 0.394 e. The van der Waals surface area contributed by atoms with Gasteiger partial charge in [-0.2, -0.15) is 0 Å². The number of aliphatic hydroxyl groups is 1. The van der Waals surface area contributed by atoms with E-state index < -0.39 is 11.6 Å². The van der Waals surface area contributed by atoms with Gasteiger partial charge >= 0.3 is 0 Å². The summed E-state index contributed by atoms with van der Waals surface area (Å²) in [5, 5.41) is 9.49. The zero-order chi connectivity index (χ0) is 21.3. The topological polar surface area (TPSA) is 50.4 Å². The molecule has 0 atom stereocenters. The fourth-order valence-electron chi connectivity index (χ4n) is 4.06. The predicted molar refractivity (Wildman–Crippen MR) is 105 cm³/mol. The molecule has 0 spiro atoms. The lowest BCUT2D eigenvalue weighted by Crippen LogP contribution is -2.32. The molecule has 3 aromatic rings. The minimum Gasteiger partial charge on any atom is -0.394 e. The summed E-state index contributed by atoms with van der Waals surface area (Å²) in [6.45, 7) is 1.74. The van der Waals surface area contributed by atoms with Crippen LogP contribution in [0, 0.1) is 17.5 Å². The molecule has 0 fully saturated rings. The van der Waals surface area contributed by atoms with Crippen molar-refractivity contribution in [2.24, 2.45) is 0 Å². The maximum absolute atomic E-state index is 13.5. The molecule has 30 heavy (non-hydrogen) atoms. The molecule has 0 radical (unpaired) electrons. The molecule has 0 amide bonds. The van der Waals surface area contributed by atoms with Crippen molar-refractivity contribution in [3.05, 3.63) is 92.7 Å². The molecule has 5 nitrogen and oxygen atoms in total. The lowest BCUT2D eigenvalue weighted by Gasteiger charge is -2.27. The van der Waals surface area contributed by atoms with Crippen molar-refractivity contribution in [2.75, 3.05) is 13.2 Å². The number of benzene rings is 2. The maximum atomic E-state index is 13.5. The van der Waals surface area contributed by atoms with Crippen molar-refractivity contribution < 1.29 is 18.3 Å². The summed E-state index contributed by atoms with van der Waals surface area (Å²) in [4.78, 5) is 15.1. The van der Waals surface area contributed by atoms with Gasteiger partial charge in [-0.05, 0) is 35.4 Å². The number of aliphatic hydroxyl groups excluding tert-OH is 1. The average Bonchev–Trinajstić information content (AvgIpc) is 2.95. The van der Waals surface area contributed by atoms with Crippen LogP contribution in [0.2, 0.25) is 0 Å². The molecule has 1 aromatic heterocycles. The molecule has 2 heterocycles. The molecule has 158 valence electrons. The highest BCUT2D eigenvalue weighted by atomic mass is 19.1. The molecule has 2 aromatic carbocycles. The van der Waals surface area contributed by atoms with E-state index in [1.54, 1.807) is 21.5 Å². The van der Waals surface area contributed by atoms with E-state index in [1.807, 2.05) is 4.90 Å². The third-order valence-corrected chi connectivity index (χ3v) is 5.38. The first-order valence-corrected chi connectivity index (χ1v) is 9.78. The third kappa shape index (κ3) is 4.20. The summed E-state index contributed by atoms with van der Waals surface area (Å²) in [6.07, 6.45) is 0.582. The Morgan fingerprint density at radius 3 is 2.23 bits per heavy atom. The quantitative estimate of drug-likeness (QED) is 0.671. The Labute approximate surface area is 171 Å². The number of nitrogens with zero attached hydrogens (tertiary/aromatic N) is 3. The summed E-state index contributed by atoms with van der Waals surface area (Å²) in [6, 6.07) is 9.37. The van der Waals surface area contributed by atoms with E-state index in [-0.39, 0.29) is 31.1 Å². The molecule has 4 rings (SSSR count). The highest BCUT2D eigenvalue weighted by Crippen LogP contribution is 2.20. The van der Waals surface area contributed by atoms with Gasteiger partial charge in [0.05, 0.1) is 25.3 Å². The van der Waals surface area contributed by atoms with Gasteiger partial charge < -0.3 is 5.11 Å². The number of fused-ring (bicyclic) bond motifs is 1. The number of halogens is 3. The summed E-state index contributed by atoms with van der Waals surface area (Å²) < 4.78 is 43.6. The lowest BCUT2D eigenvalue weighted by atomic mass is 10.1. The second kappa shape index (κ2) is 8.49. The first-order valence-electron chi connectivity index (χ1n) is 9.78. The van der Waals surface area contributed by atoms with Gasteiger partial charge in [0.1, 0.15) is 17.5 Å². The molecule has 1 N–H and O–H groups in total. The van der Waals surface area contributed by atoms with Crippen molar-refractivity contribution in [2.45, 2.75) is 32.6 Å². The number of aromatic nitrogens is 2. The van der Waals surface area contributed by atoms with Crippen molar-refractivity contribution >= 4 is 0 Å². The highest BCUT2D eigenvalue weighted by Gasteiger charge is 2.26. The summed E-state index contributed by atoms with van der Waals surface area (Å²) >= 11 is 0. The van der Waals surface area contributed by atoms with Crippen LogP contribution in [0.4, 0.5) is 13.2 Å². The molecule has 0 unspecified atom stereocenters. The molecule has 0 aliphatic carbocycles. The van der Waals surface area contributed by atoms with Gasteiger partial charge in [0, 0.05) is 37.8 Å². The Hall–Kier alpha value is -2.84. The SMILES string of the molecule is O=c1c2c(n(CCO)n1Cc1ccc(F)cc1)CCN(Cc1cc(F)cc(F)c1)C2. The first-order chi connectivity index (χ1) is 14.4. The lowest BCUT2D eigenvalue weighted by molar-refractivity contribution is 0.232. The van der Waals surface area contributed by atoms with Crippen LogP contribution in [0.25, 0.3) is 0 Å². The van der Waals surface area contributed by atoms with Crippen LogP contribution < -0.4 is 5.56 Å². The number of hydrogen-bond acceptors (Lipinski definition) is 3. The van der Waals surface area contributed by atoms with Crippen LogP contribution in [0.5, 0.6) is 0 Å². The Balaban J connectivity index is 1.62. The first kappa shape index (κ1) is 20.4. The Kier molecular flexibility index (Phi) is 5.78. The maximum Gasteiger partial charge on any atom is 0.271 e. The Morgan fingerprint density at radius 1 is 0.867 bits per heavy atom. The second-order valence-electron chi connectivity index (χ2n) is 7.50. The second-order valence-corrected chi connectivity index (χ2v) is 7.50. The Bertz CT molecular complexity index is 1090. The minimum absolute atomic E-state index is 0.115. The van der Waals surface area contributed by atoms with Gasteiger partial charge in [0.15, 0.2) is 0 Å². The van der Waals surface area contributed by atoms with E-state index in [2.05, 4.69) is 0 Å². The summed E-state index contributed by atoms with van der Waals surface area (Å²) in [5.74, 6) is -1.60. The van der Waals surface area contributed by atoms with E-state index in [1.165, 1.54) is 24.3 Å². The zero-order valence-electron chi connectivity index (χ0n) is 16.3. The highest BCUT2D eigenvalue weighted by molar-refractivity contribution is 5.25. The third-order valence-electron chi connectivity index (χ3n) is 5.38. The van der Waals surface area contributed by atoms with Crippen LogP contribution in [0.3, 0.4) is 0 Å². The van der Waals surface area contributed by atoms with E-state index in [9.17, 15) is 23.1 Å².